The van der Waals surface area contributed by atoms with Crippen molar-refractivity contribution in [1.29, 1.82) is 10.5 Å². The highest BCUT2D eigenvalue weighted by Gasteiger charge is 2.51. The number of pyridine rings is 2. The molecule has 4 aromatic carbocycles. The number of benzene rings is 4. The molecule has 2 spiro atoms. The fourth-order valence-electron chi connectivity index (χ4n) is 12.9. The molecule has 8 heterocycles. The van der Waals surface area contributed by atoms with Crippen LogP contribution in [0.3, 0.4) is 0 Å². The molecule has 0 radical (unpaired) electrons. The van der Waals surface area contributed by atoms with Gasteiger partial charge in [-0.05, 0) is 104 Å². The van der Waals surface area contributed by atoms with E-state index in [1.807, 2.05) is 77.4 Å². The molecule has 6 aromatic rings. The van der Waals surface area contributed by atoms with Gasteiger partial charge in [-0.1, -0.05) is 61.2 Å². The lowest BCUT2D eigenvalue weighted by Gasteiger charge is -2.47. The van der Waals surface area contributed by atoms with Crippen molar-refractivity contribution in [3.8, 4) is 45.9 Å². The van der Waals surface area contributed by atoms with Crippen LogP contribution in [0, 0.1) is 33.5 Å². The number of rotatable bonds is 8. The zero-order valence-corrected chi connectivity index (χ0v) is 42.1. The molecular weight excluding hydrogens is 929 g/mol. The van der Waals surface area contributed by atoms with Crippen LogP contribution in [0.2, 0.25) is 0 Å². The first-order valence-electron chi connectivity index (χ1n) is 25.6. The molecule has 12 rings (SSSR count). The smallest absolute Gasteiger partial charge is 0.246 e. The van der Waals surface area contributed by atoms with Gasteiger partial charge < -0.3 is 39.3 Å². The number of hydrogen-bond acceptors (Lipinski definition) is 12. The molecule has 14 heteroatoms. The van der Waals surface area contributed by atoms with Crippen molar-refractivity contribution in [2.24, 2.45) is 10.8 Å². The van der Waals surface area contributed by atoms with E-state index in [1.54, 1.807) is 24.3 Å². The number of nitrogens with zero attached hydrogens (tertiary/aromatic N) is 8. The van der Waals surface area contributed by atoms with Crippen molar-refractivity contribution >= 4 is 45.0 Å². The molecule has 0 aliphatic carbocycles. The van der Waals surface area contributed by atoms with Crippen LogP contribution in [-0.4, -0.2) is 105 Å². The first-order valence-corrected chi connectivity index (χ1v) is 25.6. The summed E-state index contributed by atoms with van der Waals surface area (Å²) < 4.78 is 13.0. The molecule has 6 aliphatic rings. The van der Waals surface area contributed by atoms with E-state index in [-0.39, 0.29) is 40.8 Å². The molecule has 6 aliphatic heterocycles. The second-order valence-corrected chi connectivity index (χ2v) is 22.5. The molecule has 74 heavy (non-hydrogen) atoms. The SMILES string of the molecule is C=CC(=O)N1CC2(CCN(c3nc4c(c(-c5ccc(O)c6ccccc56)c3C#N)COC(C)(CC=CC(=O)N3CC5(CCN(c6nc7c(c(-c8cccc9ccc(O)cc89)c6C#N)COC(C)(C)C7)C5)C3)C4)C2)C1. The van der Waals surface area contributed by atoms with Gasteiger partial charge in [0.1, 0.15) is 46.4 Å². The summed E-state index contributed by atoms with van der Waals surface area (Å²) in [7, 11) is 0. The summed E-state index contributed by atoms with van der Waals surface area (Å²) in [6.45, 7) is 15.6. The van der Waals surface area contributed by atoms with Crippen molar-refractivity contribution in [3.63, 3.8) is 0 Å². The Kier molecular flexibility index (Phi) is 11.1. The summed E-state index contributed by atoms with van der Waals surface area (Å²) in [6.07, 6.45) is 8.15. The van der Waals surface area contributed by atoms with Crippen LogP contribution >= 0.6 is 0 Å². The number of nitriles is 2. The minimum atomic E-state index is -0.697. The van der Waals surface area contributed by atoms with Gasteiger partial charge >= 0.3 is 0 Å². The highest BCUT2D eigenvalue weighted by Crippen LogP contribution is 2.49. The first-order chi connectivity index (χ1) is 35.6. The van der Waals surface area contributed by atoms with E-state index in [2.05, 4.69) is 42.4 Å². The average Bonchev–Trinajstić information content (AvgIpc) is 4.03. The number of phenolic OH excluding ortho intramolecular Hbond substituents is 2. The third kappa shape index (κ3) is 7.90. The predicted molar refractivity (Wildman–Crippen MR) is 282 cm³/mol. The van der Waals surface area contributed by atoms with Crippen LogP contribution in [0.4, 0.5) is 11.6 Å². The average molecular weight is 987 g/mol. The van der Waals surface area contributed by atoms with Crippen LogP contribution in [-0.2, 0) is 45.1 Å². The lowest BCUT2D eigenvalue weighted by Crippen LogP contribution is -2.59. The van der Waals surface area contributed by atoms with Gasteiger partial charge in [-0.2, -0.15) is 10.5 Å². The molecule has 2 N–H and O–H groups in total. The Morgan fingerprint density at radius 1 is 0.703 bits per heavy atom. The summed E-state index contributed by atoms with van der Waals surface area (Å²) in [5, 5.41) is 46.7. The predicted octanol–water partition coefficient (Wildman–Crippen LogP) is 8.86. The number of aromatic hydroxyl groups is 2. The van der Waals surface area contributed by atoms with Crippen molar-refractivity contribution in [3.05, 3.63) is 131 Å². The third-order valence-electron chi connectivity index (χ3n) is 16.8. The van der Waals surface area contributed by atoms with Crippen LogP contribution in [0.1, 0.15) is 73.7 Å². The van der Waals surface area contributed by atoms with Gasteiger partial charge in [-0.3, -0.25) is 9.59 Å². The van der Waals surface area contributed by atoms with Crippen LogP contribution in [0.25, 0.3) is 43.8 Å². The van der Waals surface area contributed by atoms with Crippen LogP contribution in [0.5, 0.6) is 11.5 Å². The molecule has 4 fully saturated rings. The molecule has 0 bridgehead atoms. The zero-order valence-electron chi connectivity index (χ0n) is 42.1. The maximum absolute atomic E-state index is 13.9. The van der Waals surface area contributed by atoms with E-state index in [9.17, 15) is 30.3 Å². The van der Waals surface area contributed by atoms with Crippen molar-refractivity contribution in [2.75, 3.05) is 62.2 Å². The Morgan fingerprint density at radius 3 is 1.93 bits per heavy atom. The fraction of sp³-hybridized carbons (Fsp3) is 0.367. The standard InChI is InChI=1S/C60H58N8O6/c1-5-51(71)67-33-59(34-67)20-22-66(31-59)56-45(28-62)54(42-17-18-50(70)40-12-7-6-11-39(40)42)47-30-74-58(4,26-49(47)64-56)19-9-14-52(72)68-35-60(36-68)21-23-65(32-60)55-44(27-61)53(46-29-73-57(2,3)25-48(46)63-55)41-13-8-10-37-15-16-38(69)24-43(37)41/h5-18,24,69-70H,1,19-23,25-26,29-36H2,2-4H3. The quantitative estimate of drug-likeness (QED) is 0.139. The van der Waals surface area contributed by atoms with Gasteiger partial charge in [-0.25, -0.2) is 9.97 Å². The Morgan fingerprint density at radius 2 is 1.30 bits per heavy atom. The van der Waals surface area contributed by atoms with Crippen molar-refractivity contribution in [2.45, 2.75) is 77.3 Å². The summed E-state index contributed by atoms with van der Waals surface area (Å²) in [5.41, 5.74) is 6.33. The molecule has 2 amide bonds. The number of hydrogen-bond donors (Lipinski definition) is 2. The van der Waals surface area contributed by atoms with Gasteiger partial charge in [0.25, 0.3) is 0 Å². The number of ether oxygens (including phenoxy) is 2. The number of carbonyl (C=O) groups is 2. The third-order valence-corrected chi connectivity index (χ3v) is 16.8. The van der Waals surface area contributed by atoms with Gasteiger partial charge in [0.15, 0.2) is 0 Å². The van der Waals surface area contributed by atoms with Gasteiger partial charge in [0, 0.05) is 104 Å². The Labute approximate surface area is 430 Å². The summed E-state index contributed by atoms with van der Waals surface area (Å²) in [5.74, 6) is 1.46. The minimum Gasteiger partial charge on any atom is -0.508 e. The number of fused-ring (bicyclic) bond motifs is 4. The molecular formula is C60H58N8O6. The summed E-state index contributed by atoms with van der Waals surface area (Å²) in [4.78, 5) is 45.0. The molecule has 1 unspecified atom stereocenters. The Bertz CT molecular complexity index is 3510. The zero-order chi connectivity index (χ0) is 51.3. The number of likely N-dealkylation sites (tertiary alicyclic amines) is 2. The second-order valence-electron chi connectivity index (χ2n) is 22.5. The maximum atomic E-state index is 13.9. The first kappa shape index (κ1) is 47.2. The highest BCUT2D eigenvalue weighted by atomic mass is 16.5. The normalized spacial score (nSPS) is 21.1. The number of aromatic nitrogens is 2. The second kappa shape index (κ2) is 17.4. The minimum absolute atomic E-state index is 0.0601. The van der Waals surface area contributed by atoms with Gasteiger partial charge in [-0.15, -0.1) is 0 Å². The van der Waals surface area contributed by atoms with E-state index in [1.165, 1.54) is 6.08 Å². The summed E-state index contributed by atoms with van der Waals surface area (Å²) >= 11 is 0. The van der Waals surface area contributed by atoms with Crippen LogP contribution in [0.15, 0.2) is 97.6 Å². The number of anilines is 2. The van der Waals surface area contributed by atoms with E-state index in [0.717, 1.165) is 73.8 Å². The highest BCUT2D eigenvalue weighted by molar-refractivity contribution is 6.03. The van der Waals surface area contributed by atoms with Crippen LogP contribution < -0.4 is 9.80 Å². The lowest BCUT2D eigenvalue weighted by atomic mass is 9.79. The lowest BCUT2D eigenvalue weighted by molar-refractivity contribution is -0.137. The number of phenols is 2. The largest absolute Gasteiger partial charge is 0.508 e. The van der Waals surface area contributed by atoms with E-state index >= 15 is 0 Å². The van der Waals surface area contributed by atoms with E-state index < -0.39 is 11.2 Å². The van der Waals surface area contributed by atoms with Crippen molar-refractivity contribution in [1.82, 2.24) is 19.8 Å². The molecule has 0 saturated carbocycles. The fourth-order valence-corrected chi connectivity index (χ4v) is 12.9. The molecule has 374 valence electrons. The summed E-state index contributed by atoms with van der Waals surface area (Å²) in [6, 6.07) is 27.6. The monoisotopic (exact) mass is 986 g/mol. The van der Waals surface area contributed by atoms with E-state index in [4.69, 9.17) is 19.4 Å². The number of amides is 2. The maximum Gasteiger partial charge on any atom is 0.246 e. The van der Waals surface area contributed by atoms with Gasteiger partial charge in [0.05, 0.1) is 35.8 Å². The Hall–Kier alpha value is -7.78. The molecule has 4 saturated heterocycles. The molecule has 14 nitrogen and oxygen atoms in total. The van der Waals surface area contributed by atoms with Gasteiger partial charge in [0.2, 0.25) is 11.8 Å². The van der Waals surface area contributed by atoms with E-state index in [0.29, 0.717) is 106 Å². The Balaban J connectivity index is 0.775. The van der Waals surface area contributed by atoms with Crippen molar-refractivity contribution < 1.29 is 29.3 Å². The number of carbonyl (C=O) groups excluding carboxylic acids is 2. The molecule has 2 aromatic heterocycles. The molecule has 1 atom stereocenters. The topological polar surface area (TPSA) is 179 Å².